The fourth-order valence-corrected chi connectivity index (χ4v) is 4.45. The molecule has 6 heteroatoms. The largest absolute Gasteiger partial charge is 0.338 e. The van der Waals surface area contributed by atoms with Gasteiger partial charge in [0.15, 0.2) is 0 Å². The first-order valence-electron chi connectivity index (χ1n) is 9.14. The van der Waals surface area contributed by atoms with Crippen LogP contribution < -0.4 is 5.73 Å². The number of carbonyl (C=O) groups excluding carboxylic acids is 1. The zero-order valence-corrected chi connectivity index (χ0v) is 14.5. The van der Waals surface area contributed by atoms with Crippen LogP contribution in [-0.2, 0) is 0 Å². The van der Waals surface area contributed by atoms with E-state index < -0.39 is 0 Å². The van der Waals surface area contributed by atoms with E-state index in [1.807, 2.05) is 45.9 Å². The number of carbonyl (C=O) groups is 1. The fraction of sp³-hybridized carbons (Fsp3) is 0.350. The van der Waals surface area contributed by atoms with Crippen molar-refractivity contribution in [1.29, 1.82) is 0 Å². The van der Waals surface area contributed by atoms with Crippen molar-refractivity contribution in [3.8, 4) is 5.82 Å². The molecule has 1 amide bonds. The third kappa shape index (κ3) is 2.41. The van der Waals surface area contributed by atoms with Crippen LogP contribution in [0.25, 0.3) is 16.9 Å². The van der Waals surface area contributed by atoms with Gasteiger partial charge in [-0.25, -0.2) is 9.97 Å². The van der Waals surface area contributed by atoms with Gasteiger partial charge in [0.2, 0.25) is 0 Å². The Bertz CT molecular complexity index is 964. The van der Waals surface area contributed by atoms with Gasteiger partial charge in [-0.3, -0.25) is 9.36 Å². The average molecular weight is 347 g/mol. The molecule has 1 saturated carbocycles. The first-order chi connectivity index (χ1) is 12.7. The fourth-order valence-electron chi connectivity index (χ4n) is 4.45. The van der Waals surface area contributed by atoms with E-state index >= 15 is 0 Å². The lowest BCUT2D eigenvalue weighted by Crippen LogP contribution is -2.33. The van der Waals surface area contributed by atoms with Crippen LogP contribution in [0.2, 0.25) is 0 Å². The number of aromatic nitrogens is 3. The summed E-state index contributed by atoms with van der Waals surface area (Å²) in [5.74, 6) is 1.85. The van der Waals surface area contributed by atoms with Crippen molar-refractivity contribution in [1.82, 2.24) is 19.4 Å². The Balaban J connectivity index is 1.38. The van der Waals surface area contributed by atoms with E-state index in [9.17, 15) is 4.79 Å². The quantitative estimate of drug-likeness (QED) is 0.771. The van der Waals surface area contributed by atoms with Crippen molar-refractivity contribution in [2.24, 2.45) is 17.6 Å². The molecule has 3 heterocycles. The summed E-state index contributed by atoms with van der Waals surface area (Å²) in [5, 5.41) is 0. The van der Waals surface area contributed by atoms with Crippen molar-refractivity contribution in [2.45, 2.75) is 18.9 Å². The molecule has 1 aliphatic heterocycles. The van der Waals surface area contributed by atoms with Crippen LogP contribution in [-0.4, -0.2) is 44.5 Å². The summed E-state index contributed by atoms with van der Waals surface area (Å²) in [6.07, 6.45) is 5.66. The normalized spacial score (nSPS) is 25.0. The highest BCUT2D eigenvalue weighted by Crippen LogP contribution is 2.37. The number of imidazole rings is 1. The summed E-state index contributed by atoms with van der Waals surface area (Å²) in [6, 6.07) is 11.9. The van der Waals surface area contributed by atoms with Crippen LogP contribution in [0.4, 0.5) is 0 Å². The summed E-state index contributed by atoms with van der Waals surface area (Å²) in [7, 11) is 0. The number of nitrogens with two attached hydrogens (primary N) is 1. The van der Waals surface area contributed by atoms with E-state index in [1.165, 1.54) is 0 Å². The first-order valence-corrected chi connectivity index (χ1v) is 9.14. The molecule has 0 radical (unpaired) electrons. The van der Waals surface area contributed by atoms with Gasteiger partial charge >= 0.3 is 0 Å². The minimum absolute atomic E-state index is 0.0566. The second kappa shape index (κ2) is 5.92. The molecule has 2 aromatic heterocycles. The molecule has 6 nitrogen and oxygen atoms in total. The molecule has 3 unspecified atom stereocenters. The Labute approximate surface area is 151 Å². The Kier molecular flexibility index (Phi) is 3.53. The summed E-state index contributed by atoms with van der Waals surface area (Å²) in [6.45, 7) is 1.60. The number of fused-ring (bicyclic) bond motifs is 2. The van der Waals surface area contributed by atoms with Gasteiger partial charge in [-0.2, -0.15) is 0 Å². The maximum absolute atomic E-state index is 12.8. The molecule has 3 atom stereocenters. The number of amides is 1. The predicted molar refractivity (Wildman–Crippen MR) is 99.0 cm³/mol. The topological polar surface area (TPSA) is 77.0 Å². The molecule has 0 bridgehead atoms. The molecule has 2 N–H and O–H groups in total. The smallest absolute Gasteiger partial charge is 0.255 e. The minimum atomic E-state index is 0.0566. The monoisotopic (exact) mass is 347 g/mol. The van der Waals surface area contributed by atoms with E-state index in [4.69, 9.17) is 5.73 Å². The van der Waals surface area contributed by atoms with Crippen molar-refractivity contribution >= 4 is 16.9 Å². The van der Waals surface area contributed by atoms with Crippen LogP contribution in [0, 0.1) is 11.8 Å². The SMILES string of the molecule is NC1CCC2CN(C(=O)c3ccc(-n4cnc5ccccc54)nc3)CC12. The summed E-state index contributed by atoms with van der Waals surface area (Å²) >= 11 is 0. The number of likely N-dealkylation sites (tertiary alicyclic amines) is 1. The molecule has 2 fully saturated rings. The number of nitrogens with zero attached hydrogens (tertiary/aromatic N) is 4. The number of benzene rings is 1. The molecule has 1 aromatic carbocycles. The lowest BCUT2D eigenvalue weighted by molar-refractivity contribution is 0.0779. The highest BCUT2D eigenvalue weighted by molar-refractivity contribution is 5.94. The highest BCUT2D eigenvalue weighted by atomic mass is 16.2. The van der Waals surface area contributed by atoms with E-state index in [2.05, 4.69) is 9.97 Å². The van der Waals surface area contributed by atoms with Crippen LogP contribution in [0.3, 0.4) is 0 Å². The molecule has 132 valence electrons. The zero-order valence-electron chi connectivity index (χ0n) is 14.5. The molecule has 1 aliphatic carbocycles. The van der Waals surface area contributed by atoms with Crippen molar-refractivity contribution < 1.29 is 4.79 Å². The summed E-state index contributed by atoms with van der Waals surface area (Å²) in [4.78, 5) is 23.7. The van der Waals surface area contributed by atoms with E-state index in [1.54, 1.807) is 12.5 Å². The summed E-state index contributed by atoms with van der Waals surface area (Å²) in [5.41, 5.74) is 8.74. The van der Waals surface area contributed by atoms with E-state index in [-0.39, 0.29) is 11.9 Å². The van der Waals surface area contributed by atoms with Gasteiger partial charge in [-0.1, -0.05) is 12.1 Å². The van der Waals surface area contributed by atoms with Gasteiger partial charge in [0.25, 0.3) is 5.91 Å². The Hall–Kier alpha value is -2.73. The molecule has 3 aromatic rings. The lowest BCUT2D eigenvalue weighted by Gasteiger charge is -2.18. The van der Waals surface area contributed by atoms with Crippen molar-refractivity contribution in [2.75, 3.05) is 13.1 Å². The number of para-hydroxylation sites is 2. The predicted octanol–water partition coefficient (Wildman–Crippen LogP) is 2.23. The molecule has 2 aliphatic rings. The minimum Gasteiger partial charge on any atom is -0.338 e. The van der Waals surface area contributed by atoms with Crippen LogP contribution >= 0.6 is 0 Å². The molecular weight excluding hydrogens is 326 g/mol. The van der Waals surface area contributed by atoms with Gasteiger partial charge in [0.1, 0.15) is 12.1 Å². The number of hydrogen-bond donors (Lipinski definition) is 1. The molecule has 26 heavy (non-hydrogen) atoms. The standard InChI is InChI=1S/C20H21N5O/c21-16-7-5-14-10-24(11-15(14)16)20(26)13-6-8-19(22-9-13)25-12-23-17-3-1-2-4-18(17)25/h1-4,6,8-9,12,14-16H,5,7,10-11,21H2. The molecule has 1 saturated heterocycles. The van der Waals surface area contributed by atoms with Crippen molar-refractivity contribution in [3.63, 3.8) is 0 Å². The lowest BCUT2D eigenvalue weighted by atomic mass is 9.98. The first kappa shape index (κ1) is 15.5. The van der Waals surface area contributed by atoms with Gasteiger partial charge in [-0.05, 0) is 48.9 Å². The van der Waals surface area contributed by atoms with Crippen LogP contribution in [0.5, 0.6) is 0 Å². The highest BCUT2D eigenvalue weighted by Gasteiger charge is 2.42. The zero-order chi connectivity index (χ0) is 17.7. The Morgan fingerprint density at radius 1 is 1.08 bits per heavy atom. The average Bonchev–Trinajstić information content (AvgIpc) is 3.37. The third-order valence-corrected chi connectivity index (χ3v) is 5.89. The van der Waals surface area contributed by atoms with Crippen LogP contribution in [0.15, 0.2) is 48.9 Å². The Morgan fingerprint density at radius 2 is 1.96 bits per heavy atom. The number of pyridine rings is 1. The van der Waals surface area contributed by atoms with Gasteiger partial charge in [0, 0.05) is 25.3 Å². The molecule has 5 rings (SSSR count). The molecular formula is C20H21N5O. The van der Waals surface area contributed by atoms with E-state index in [0.717, 1.165) is 42.8 Å². The van der Waals surface area contributed by atoms with Crippen molar-refractivity contribution in [3.05, 3.63) is 54.5 Å². The number of hydrogen-bond acceptors (Lipinski definition) is 4. The summed E-state index contributed by atoms with van der Waals surface area (Å²) < 4.78 is 1.93. The Morgan fingerprint density at radius 3 is 2.77 bits per heavy atom. The third-order valence-electron chi connectivity index (χ3n) is 5.89. The van der Waals surface area contributed by atoms with Gasteiger partial charge < -0.3 is 10.6 Å². The van der Waals surface area contributed by atoms with Gasteiger partial charge in [0.05, 0.1) is 16.6 Å². The maximum atomic E-state index is 12.8. The second-order valence-electron chi connectivity index (χ2n) is 7.38. The van der Waals surface area contributed by atoms with E-state index in [0.29, 0.717) is 17.4 Å². The second-order valence-corrected chi connectivity index (χ2v) is 7.38. The maximum Gasteiger partial charge on any atom is 0.255 e. The van der Waals surface area contributed by atoms with Crippen LogP contribution in [0.1, 0.15) is 23.2 Å². The molecule has 0 spiro atoms. The van der Waals surface area contributed by atoms with Gasteiger partial charge in [-0.15, -0.1) is 0 Å². The number of rotatable bonds is 2.